The number of primary amides is 1. The van der Waals surface area contributed by atoms with Crippen LogP contribution in [0.25, 0.3) is 0 Å². The topological polar surface area (TPSA) is 194 Å². The number of carbonyl (C=O) groups is 3. The Labute approximate surface area is 232 Å². The normalized spacial score (nSPS) is 23.0. The van der Waals surface area contributed by atoms with Crippen LogP contribution in [0.15, 0.2) is 24.3 Å². The lowest BCUT2D eigenvalue weighted by atomic mass is 10.1. The van der Waals surface area contributed by atoms with Crippen LogP contribution in [0.2, 0.25) is 0 Å². The molecule has 2 aliphatic heterocycles. The van der Waals surface area contributed by atoms with Gasteiger partial charge >= 0.3 is 21.7 Å². The zero-order chi connectivity index (χ0) is 30.6. The molecule has 3 amide bonds. The van der Waals surface area contributed by atoms with E-state index in [0.717, 1.165) is 0 Å². The molecule has 224 valence electrons. The van der Waals surface area contributed by atoms with Crippen molar-refractivity contribution in [3.8, 4) is 0 Å². The van der Waals surface area contributed by atoms with Crippen LogP contribution in [-0.2, 0) is 31.1 Å². The van der Waals surface area contributed by atoms with Crippen LogP contribution in [0.5, 0.6) is 0 Å². The van der Waals surface area contributed by atoms with Gasteiger partial charge in [-0.05, 0) is 44.6 Å². The highest BCUT2D eigenvalue weighted by molar-refractivity contribution is 7.86. The Morgan fingerprint density at radius 2 is 1.70 bits per heavy atom. The number of ether oxygens (including phenoxy) is 1. The molecule has 14 nitrogen and oxygen atoms in total. The third-order valence-electron chi connectivity index (χ3n) is 6.22. The lowest BCUT2D eigenvalue weighted by Gasteiger charge is -2.30. The average molecular weight is 616 g/mol. The van der Waals surface area contributed by atoms with Gasteiger partial charge in [0.25, 0.3) is 5.69 Å². The zero-order valence-corrected chi connectivity index (χ0v) is 22.9. The second kappa shape index (κ2) is 13.0. The number of amides is 3. The van der Waals surface area contributed by atoms with Crippen LogP contribution in [-0.4, -0.2) is 107 Å². The summed E-state index contributed by atoms with van der Waals surface area (Å²) in [5.41, 5.74) is 0.520. The van der Waals surface area contributed by atoms with E-state index in [1.165, 1.54) is 34.1 Å². The smallest absolute Gasteiger partial charge is 0.445 e. The first-order valence-corrected chi connectivity index (χ1v) is 13.4. The van der Waals surface area contributed by atoms with Crippen molar-refractivity contribution in [2.24, 2.45) is 5.73 Å². The minimum absolute atomic E-state index is 0.00723. The van der Waals surface area contributed by atoms with Gasteiger partial charge in [-0.25, -0.2) is 4.79 Å². The number of nitro benzene ring substituents is 1. The first kappa shape index (κ1) is 33.0. The van der Waals surface area contributed by atoms with Gasteiger partial charge in [-0.1, -0.05) is 0 Å². The van der Waals surface area contributed by atoms with E-state index >= 15 is 0 Å². The summed E-state index contributed by atoms with van der Waals surface area (Å²) < 4.78 is 62.9. The van der Waals surface area contributed by atoms with Crippen LogP contribution in [0.1, 0.15) is 18.4 Å². The highest BCUT2D eigenvalue weighted by Gasteiger charge is 2.47. The predicted octanol–water partition coefficient (Wildman–Crippen LogP) is 1.01. The number of nitrogens with two attached hydrogens (primary N) is 1. The fourth-order valence-electron chi connectivity index (χ4n) is 4.08. The molecule has 3 rings (SSSR count). The van der Waals surface area contributed by atoms with Crippen molar-refractivity contribution in [1.29, 1.82) is 0 Å². The molecule has 2 heterocycles. The summed E-state index contributed by atoms with van der Waals surface area (Å²) in [6.07, 6.45) is 0.0935. The zero-order valence-electron chi connectivity index (χ0n) is 21.2. The van der Waals surface area contributed by atoms with Gasteiger partial charge in [-0.15, -0.1) is 0 Å². The number of likely N-dealkylation sites (N-methyl/N-ethyl adjacent to an activating group) is 1. The van der Waals surface area contributed by atoms with Gasteiger partial charge in [-0.2, -0.15) is 34.2 Å². The number of benzene rings is 1. The van der Waals surface area contributed by atoms with Crippen molar-refractivity contribution in [2.45, 2.75) is 48.3 Å². The number of halogens is 3. The molecule has 2 saturated heterocycles. The maximum absolute atomic E-state index is 13.3. The van der Waals surface area contributed by atoms with Crippen LogP contribution >= 0.6 is 12.6 Å². The molecule has 0 spiro atoms. The second-order valence-corrected chi connectivity index (χ2v) is 11.4. The van der Waals surface area contributed by atoms with E-state index < -0.39 is 44.6 Å². The average Bonchev–Trinajstić information content (AvgIpc) is 3.46. The van der Waals surface area contributed by atoms with E-state index in [1.807, 2.05) is 19.0 Å². The van der Waals surface area contributed by atoms with Gasteiger partial charge in [-0.3, -0.25) is 29.2 Å². The first-order valence-electron chi connectivity index (χ1n) is 11.5. The van der Waals surface area contributed by atoms with Gasteiger partial charge < -0.3 is 20.3 Å². The van der Waals surface area contributed by atoms with Crippen LogP contribution < -0.4 is 5.73 Å². The molecule has 4 atom stereocenters. The van der Waals surface area contributed by atoms with Crippen LogP contribution in [0, 0.1) is 10.1 Å². The van der Waals surface area contributed by atoms with Crippen LogP contribution in [0.4, 0.5) is 23.7 Å². The molecular formula is C21H28F3N5O9S2. The van der Waals surface area contributed by atoms with E-state index in [9.17, 15) is 37.7 Å². The summed E-state index contributed by atoms with van der Waals surface area (Å²) >= 11 is 4.44. The first-order chi connectivity index (χ1) is 18.3. The standard InChI is InChI=1S/C20H27N5O6S.CHF3O3S/c1-22(2)14-7-16(18(21)26)23(9-14)19(27)17-8-15(32)10-24(17)20(28)31-11-12-3-5-13(6-4-12)25(29)30;2-1(3,4)8(5,6)7/h3-6,14-17,32H,7-11H2,1-2H3,(H2,21,26);(H,5,6,7)/t14?,15-,16?,17-;/m0./s1. The minimum Gasteiger partial charge on any atom is -0.445 e. The number of likely N-dealkylation sites (tertiary alicyclic amines) is 2. The molecule has 1 aromatic carbocycles. The Hall–Kier alpha value is -3.16. The van der Waals surface area contributed by atoms with Crippen molar-refractivity contribution in [3.63, 3.8) is 0 Å². The SMILES string of the molecule is CN(C)C1CC(C(N)=O)N(C(=O)[C@@H]2C[C@H](S)CN2C(=O)OCc2ccc([N+](=O)[O-])cc2)C1.O=S(=O)(O)C(F)(F)F. The number of thiol groups is 1. The molecule has 0 saturated carbocycles. The summed E-state index contributed by atoms with van der Waals surface area (Å²) in [6, 6.07) is 4.12. The number of hydrogen-bond acceptors (Lipinski definition) is 10. The third kappa shape index (κ3) is 8.42. The monoisotopic (exact) mass is 615 g/mol. The van der Waals surface area contributed by atoms with Crippen molar-refractivity contribution in [2.75, 3.05) is 27.2 Å². The van der Waals surface area contributed by atoms with E-state index in [4.69, 9.17) is 23.4 Å². The van der Waals surface area contributed by atoms with Gasteiger partial charge in [0.2, 0.25) is 11.8 Å². The highest BCUT2D eigenvalue weighted by Crippen LogP contribution is 2.29. The molecule has 0 bridgehead atoms. The Morgan fingerprint density at radius 1 is 1.15 bits per heavy atom. The molecule has 1 aromatic rings. The fourth-order valence-corrected chi connectivity index (χ4v) is 4.46. The molecule has 0 aromatic heterocycles. The van der Waals surface area contributed by atoms with Gasteiger partial charge in [0.1, 0.15) is 18.7 Å². The lowest BCUT2D eigenvalue weighted by molar-refractivity contribution is -0.384. The lowest BCUT2D eigenvalue weighted by Crippen LogP contribution is -2.52. The quantitative estimate of drug-likeness (QED) is 0.137. The minimum atomic E-state index is -5.84. The summed E-state index contributed by atoms with van der Waals surface area (Å²) in [4.78, 5) is 53.0. The van der Waals surface area contributed by atoms with Gasteiger partial charge in [0, 0.05) is 36.5 Å². The maximum Gasteiger partial charge on any atom is 0.522 e. The van der Waals surface area contributed by atoms with E-state index in [0.29, 0.717) is 24.9 Å². The maximum atomic E-state index is 13.3. The number of rotatable bonds is 6. The predicted molar refractivity (Wildman–Crippen MR) is 136 cm³/mol. The highest BCUT2D eigenvalue weighted by atomic mass is 32.2. The van der Waals surface area contributed by atoms with Crippen molar-refractivity contribution < 1.29 is 50.2 Å². The van der Waals surface area contributed by atoms with Crippen molar-refractivity contribution in [1.82, 2.24) is 14.7 Å². The van der Waals surface area contributed by atoms with Crippen molar-refractivity contribution in [3.05, 3.63) is 39.9 Å². The molecule has 40 heavy (non-hydrogen) atoms. The third-order valence-corrected chi connectivity index (χ3v) is 7.18. The number of alkyl halides is 3. The number of non-ortho nitro benzene ring substituents is 1. The number of nitro groups is 1. The largest absolute Gasteiger partial charge is 0.522 e. The molecular weight excluding hydrogens is 587 g/mol. The number of hydrogen-bond donors (Lipinski definition) is 3. The summed E-state index contributed by atoms with van der Waals surface area (Å²) in [7, 11) is -2.09. The van der Waals surface area contributed by atoms with Crippen molar-refractivity contribution >= 4 is 46.3 Å². The Morgan fingerprint density at radius 3 is 2.15 bits per heavy atom. The number of carbonyl (C=O) groups excluding carboxylic acids is 3. The molecule has 2 aliphatic rings. The Bertz CT molecular complexity index is 1220. The van der Waals surface area contributed by atoms with Gasteiger partial charge in [0.05, 0.1) is 4.92 Å². The molecule has 3 N–H and O–H groups in total. The number of nitrogens with zero attached hydrogens (tertiary/aromatic N) is 4. The molecule has 0 radical (unpaired) electrons. The Kier molecular flexibility index (Phi) is 10.7. The Balaban J connectivity index is 0.000000611. The van der Waals surface area contributed by atoms with E-state index in [1.54, 1.807) is 0 Å². The summed E-state index contributed by atoms with van der Waals surface area (Å²) in [5, 5.41) is 10.5. The van der Waals surface area contributed by atoms with Gasteiger partial charge in [0.15, 0.2) is 0 Å². The summed E-state index contributed by atoms with van der Waals surface area (Å²) in [5.74, 6) is -0.919. The second-order valence-electron chi connectivity index (χ2n) is 9.22. The molecule has 0 aliphatic carbocycles. The molecule has 2 fully saturated rings. The summed E-state index contributed by atoms with van der Waals surface area (Å²) in [6.45, 7) is 0.478. The molecule has 2 unspecified atom stereocenters. The fraction of sp³-hybridized carbons (Fsp3) is 0.571. The van der Waals surface area contributed by atoms with E-state index in [-0.39, 0.29) is 36.0 Å². The molecule has 19 heteroatoms. The van der Waals surface area contributed by atoms with E-state index in [2.05, 4.69) is 12.6 Å². The van der Waals surface area contributed by atoms with Crippen LogP contribution in [0.3, 0.4) is 0 Å².